The Labute approximate surface area is 184 Å². The molecule has 4 aromatic rings. The second-order valence-electron chi connectivity index (χ2n) is 8.19. The van der Waals surface area contributed by atoms with Crippen molar-refractivity contribution in [1.82, 2.24) is 18.7 Å². The van der Waals surface area contributed by atoms with Gasteiger partial charge in [0, 0.05) is 17.6 Å². The Morgan fingerprint density at radius 2 is 1.84 bits per heavy atom. The van der Waals surface area contributed by atoms with Crippen molar-refractivity contribution in [2.24, 2.45) is 0 Å². The standard InChI is InChI=1S/C24H23ClN4O2/c1-16-7-2-5-12-20(16)29-22-21(23(30)28(24(29)31)19-10-3-4-11-19)27(15-26-22)14-17-8-6-9-18(25)13-17/h2,5-9,12-13,15,19H,3-4,10-11,14H2,1H3. The third kappa shape index (κ3) is 3.41. The van der Waals surface area contributed by atoms with Crippen molar-refractivity contribution in [1.29, 1.82) is 0 Å². The lowest BCUT2D eigenvalue weighted by Crippen LogP contribution is -2.42. The van der Waals surface area contributed by atoms with Crippen molar-refractivity contribution < 1.29 is 0 Å². The number of halogens is 1. The van der Waals surface area contributed by atoms with Crippen molar-refractivity contribution in [2.75, 3.05) is 0 Å². The lowest BCUT2D eigenvalue weighted by molar-refractivity contribution is 0.474. The molecule has 158 valence electrons. The molecule has 2 aromatic carbocycles. The maximum Gasteiger partial charge on any atom is 0.337 e. The van der Waals surface area contributed by atoms with Crippen LogP contribution in [0.15, 0.2) is 64.4 Å². The van der Waals surface area contributed by atoms with E-state index in [1.807, 2.05) is 60.0 Å². The summed E-state index contributed by atoms with van der Waals surface area (Å²) >= 11 is 6.15. The van der Waals surface area contributed by atoms with E-state index in [-0.39, 0.29) is 17.3 Å². The first kappa shape index (κ1) is 19.8. The second kappa shape index (κ2) is 7.85. The Morgan fingerprint density at radius 1 is 1.06 bits per heavy atom. The molecular weight excluding hydrogens is 412 g/mol. The maximum atomic E-state index is 13.6. The van der Waals surface area contributed by atoms with E-state index in [2.05, 4.69) is 4.98 Å². The van der Waals surface area contributed by atoms with Crippen LogP contribution in [0.1, 0.15) is 42.9 Å². The predicted molar refractivity (Wildman–Crippen MR) is 122 cm³/mol. The highest BCUT2D eigenvalue weighted by atomic mass is 35.5. The van der Waals surface area contributed by atoms with Crippen LogP contribution in [0, 0.1) is 6.92 Å². The predicted octanol–water partition coefficient (Wildman–Crippen LogP) is 4.47. The normalized spacial score (nSPS) is 14.5. The number of hydrogen-bond acceptors (Lipinski definition) is 3. The van der Waals surface area contributed by atoms with Gasteiger partial charge in [0.15, 0.2) is 11.2 Å². The molecule has 0 spiro atoms. The zero-order chi connectivity index (χ0) is 21.5. The topological polar surface area (TPSA) is 61.8 Å². The number of imidazole rings is 1. The number of aryl methyl sites for hydroxylation is 1. The highest BCUT2D eigenvalue weighted by molar-refractivity contribution is 6.30. The Bertz CT molecular complexity index is 1390. The molecular formula is C24H23ClN4O2. The molecule has 0 atom stereocenters. The number of para-hydroxylation sites is 1. The molecule has 1 aliphatic carbocycles. The smallest absolute Gasteiger partial charge is 0.320 e. The van der Waals surface area contributed by atoms with E-state index in [1.54, 1.807) is 10.9 Å². The lowest BCUT2D eigenvalue weighted by atomic mass is 10.2. The minimum atomic E-state index is -0.313. The number of aromatic nitrogens is 4. The highest BCUT2D eigenvalue weighted by Crippen LogP contribution is 2.28. The number of benzene rings is 2. The molecule has 0 bridgehead atoms. The summed E-state index contributed by atoms with van der Waals surface area (Å²) in [4.78, 5) is 31.7. The molecule has 31 heavy (non-hydrogen) atoms. The third-order valence-corrected chi connectivity index (χ3v) is 6.37. The van der Waals surface area contributed by atoms with Gasteiger partial charge in [0.05, 0.1) is 12.0 Å². The summed E-state index contributed by atoms with van der Waals surface area (Å²) in [6.45, 7) is 2.41. The zero-order valence-electron chi connectivity index (χ0n) is 17.3. The summed E-state index contributed by atoms with van der Waals surface area (Å²) < 4.78 is 4.87. The van der Waals surface area contributed by atoms with Gasteiger partial charge in [-0.05, 0) is 49.1 Å². The molecule has 0 saturated heterocycles. The molecule has 0 aliphatic heterocycles. The molecule has 0 amide bonds. The summed E-state index contributed by atoms with van der Waals surface area (Å²) in [5.74, 6) is 0. The van der Waals surface area contributed by atoms with Crippen LogP contribution in [0.2, 0.25) is 5.02 Å². The van der Waals surface area contributed by atoms with E-state index in [1.165, 1.54) is 4.57 Å². The molecule has 7 heteroatoms. The van der Waals surface area contributed by atoms with Crippen LogP contribution in [0.25, 0.3) is 16.9 Å². The van der Waals surface area contributed by atoms with Gasteiger partial charge >= 0.3 is 5.69 Å². The van der Waals surface area contributed by atoms with Crippen LogP contribution < -0.4 is 11.2 Å². The molecule has 6 nitrogen and oxygen atoms in total. The largest absolute Gasteiger partial charge is 0.337 e. The van der Waals surface area contributed by atoms with E-state index in [4.69, 9.17) is 11.6 Å². The van der Waals surface area contributed by atoms with E-state index < -0.39 is 0 Å². The second-order valence-corrected chi connectivity index (χ2v) is 8.63. The average Bonchev–Trinajstić information content (AvgIpc) is 3.40. The molecule has 0 radical (unpaired) electrons. The highest BCUT2D eigenvalue weighted by Gasteiger charge is 2.26. The van der Waals surface area contributed by atoms with E-state index >= 15 is 0 Å². The quantitative estimate of drug-likeness (QED) is 0.476. The van der Waals surface area contributed by atoms with Crippen LogP contribution in [0.5, 0.6) is 0 Å². The lowest BCUT2D eigenvalue weighted by Gasteiger charge is -2.17. The van der Waals surface area contributed by atoms with Gasteiger partial charge in [-0.3, -0.25) is 9.36 Å². The van der Waals surface area contributed by atoms with Crippen LogP contribution in [-0.2, 0) is 6.54 Å². The van der Waals surface area contributed by atoms with Crippen molar-refractivity contribution >= 4 is 22.8 Å². The fraction of sp³-hybridized carbons (Fsp3) is 0.292. The first-order valence-electron chi connectivity index (χ1n) is 10.6. The van der Waals surface area contributed by atoms with E-state index in [0.29, 0.717) is 22.7 Å². The van der Waals surface area contributed by atoms with Gasteiger partial charge in [-0.2, -0.15) is 0 Å². The SMILES string of the molecule is Cc1ccccc1-n1c(=O)n(C2CCCC2)c(=O)c2c1ncn2Cc1cccc(Cl)c1. The fourth-order valence-corrected chi connectivity index (χ4v) is 4.83. The van der Waals surface area contributed by atoms with Gasteiger partial charge in [-0.1, -0.05) is 54.8 Å². The van der Waals surface area contributed by atoms with E-state index in [0.717, 1.165) is 42.5 Å². The summed E-state index contributed by atoms with van der Waals surface area (Å²) in [6.07, 6.45) is 5.38. The minimum Gasteiger partial charge on any atom is -0.320 e. The van der Waals surface area contributed by atoms with Crippen LogP contribution in [0.4, 0.5) is 0 Å². The molecule has 0 N–H and O–H groups in total. The Morgan fingerprint density at radius 3 is 2.58 bits per heavy atom. The van der Waals surface area contributed by atoms with Crippen LogP contribution in [0.3, 0.4) is 0 Å². The molecule has 2 aromatic heterocycles. The van der Waals surface area contributed by atoms with E-state index in [9.17, 15) is 9.59 Å². The van der Waals surface area contributed by atoms with Crippen molar-refractivity contribution in [3.05, 3.63) is 91.8 Å². The monoisotopic (exact) mass is 434 g/mol. The van der Waals surface area contributed by atoms with Gasteiger partial charge in [-0.15, -0.1) is 0 Å². The summed E-state index contributed by atoms with van der Waals surface area (Å²) in [6, 6.07) is 15.2. The molecule has 1 fully saturated rings. The minimum absolute atomic E-state index is 0.0748. The van der Waals surface area contributed by atoms with Gasteiger partial charge < -0.3 is 4.57 Å². The van der Waals surface area contributed by atoms with Crippen LogP contribution in [-0.4, -0.2) is 18.7 Å². The first-order chi connectivity index (χ1) is 15.0. The fourth-order valence-electron chi connectivity index (χ4n) is 4.62. The summed E-state index contributed by atoms with van der Waals surface area (Å²) in [5, 5.41) is 0.641. The Balaban J connectivity index is 1.80. The molecule has 2 heterocycles. The van der Waals surface area contributed by atoms with Gasteiger partial charge in [0.25, 0.3) is 5.56 Å². The third-order valence-electron chi connectivity index (χ3n) is 6.14. The number of rotatable bonds is 4. The summed E-state index contributed by atoms with van der Waals surface area (Å²) in [5.41, 5.74) is 2.91. The Kier molecular flexibility index (Phi) is 5.02. The number of fused-ring (bicyclic) bond motifs is 1. The molecule has 1 saturated carbocycles. The first-order valence-corrected chi connectivity index (χ1v) is 11.0. The van der Waals surface area contributed by atoms with Gasteiger partial charge in [-0.25, -0.2) is 14.3 Å². The van der Waals surface area contributed by atoms with Crippen molar-refractivity contribution in [3.63, 3.8) is 0 Å². The van der Waals surface area contributed by atoms with Gasteiger partial charge in [0.2, 0.25) is 0 Å². The number of nitrogens with zero attached hydrogens (tertiary/aromatic N) is 4. The van der Waals surface area contributed by atoms with Crippen LogP contribution >= 0.6 is 11.6 Å². The number of hydrogen-bond donors (Lipinski definition) is 0. The Hall–Kier alpha value is -3.12. The molecule has 0 unspecified atom stereocenters. The van der Waals surface area contributed by atoms with Crippen molar-refractivity contribution in [3.8, 4) is 5.69 Å². The van der Waals surface area contributed by atoms with Crippen molar-refractivity contribution in [2.45, 2.75) is 45.2 Å². The van der Waals surface area contributed by atoms with Gasteiger partial charge in [0.1, 0.15) is 0 Å². The molecule has 5 rings (SSSR count). The molecule has 1 aliphatic rings. The average molecular weight is 435 g/mol. The zero-order valence-corrected chi connectivity index (χ0v) is 18.0. The maximum absolute atomic E-state index is 13.6. The summed E-state index contributed by atoms with van der Waals surface area (Å²) in [7, 11) is 0.